The molecule has 0 unspecified atom stereocenters. The van der Waals surface area contributed by atoms with Crippen LogP contribution in [0, 0.1) is 18.3 Å². The zero-order chi connectivity index (χ0) is 14.0. The highest BCUT2D eigenvalue weighted by Crippen LogP contribution is 2.28. The Hall–Kier alpha value is -2.17. The quantitative estimate of drug-likeness (QED) is 0.704. The monoisotopic (exact) mass is 263 g/mol. The molecular formula is C12H13N3O4. The third-order valence-corrected chi connectivity index (χ3v) is 2.95. The van der Waals surface area contributed by atoms with E-state index in [9.17, 15) is 14.7 Å². The fraction of sp³-hybridized carbons (Fsp3) is 0.417. The van der Waals surface area contributed by atoms with E-state index in [2.05, 4.69) is 4.98 Å². The van der Waals surface area contributed by atoms with E-state index in [-0.39, 0.29) is 6.42 Å². The number of ether oxygens (including phenoxy) is 1. The van der Waals surface area contributed by atoms with Crippen LogP contribution in [0.2, 0.25) is 0 Å². The van der Waals surface area contributed by atoms with E-state index in [1.54, 1.807) is 6.92 Å². The average molecular weight is 263 g/mol. The van der Waals surface area contributed by atoms with E-state index in [1.807, 2.05) is 6.07 Å². The lowest BCUT2D eigenvalue weighted by atomic mass is 10.1. The van der Waals surface area contributed by atoms with Gasteiger partial charge < -0.3 is 9.84 Å². The molecule has 0 saturated carbocycles. The van der Waals surface area contributed by atoms with Crippen LogP contribution in [0.5, 0.6) is 0 Å². The number of aliphatic hydroxyl groups is 1. The maximum Gasteiger partial charge on any atom is 0.330 e. The van der Waals surface area contributed by atoms with Gasteiger partial charge in [-0.1, -0.05) is 0 Å². The van der Waals surface area contributed by atoms with Crippen LogP contribution >= 0.6 is 0 Å². The Bertz CT molecular complexity index is 652. The molecule has 0 bridgehead atoms. The molecule has 1 aromatic heterocycles. The van der Waals surface area contributed by atoms with Crippen LogP contribution in [-0.2, 0) is 4.74 Å². The summed E-state index contributed by atoms with van der Waals surface area (Å²) in [7, 11) is 0. The van der Waals surface area contributed by atoms with Crippen LogP contribution in [0.3, 0.4) is 0 Å². The van der Waals surface area contributed by atoms with E-state index in [0.29, 0.717) is 5.56 Å². The molecule has 1 aliphatic heterocycles. The molecule has 2 heterocycles. The minimum absolute atomic E-state index is 0.214. The summed E-state index contributed by atoms with van der Waals surface area (Å²) in [6.45, 7) is 1.58. The van der Waals surface area contributed by atoms with E-state index in [0.717, 1.165) is 0 Å². The Morgan fingerprint density at radius 2 is 2.37 bits per heavy atom. The van der Waals surface area contributed by atoms with Crippen LogP contribution < -0.4 is 11.2 Å². The van der Waals surface area contributed by atoms with Crippen molar-refractivity contribution in [3.63, 3.8) is 0 Å². The molecule has 2 N–H and O–H groups in total. The molecule has 0 radical (unpaired) electrons. The van der Waals surface area contributed by atoms with Gasteiger partial charge in [0.1, 0.15) is 12.3 Å². The number of allylic oxidation sites excluding steroid dienone is 1. The number of aromatic nitrogens is 2. The first-order chi connectivity index (χ1) is 9.02. The fourth-order valence-electron chi connectivity index (χ4n) is 1.96. The molecular weight excluding hydrogens is 250 g/mol. The number of hydrogen-bond donors (Lipinski definition) is 2. The van der Waals surface area contributed by atoms with E-state index < -0.39 is 29.7 Å². The molecule has 0 spiro atoms. The molecule has 7 nitrogen and oxygen atoms in total. The minimum Gasteiger partial charge on any atom is -0.390 e. The third-order valence-electron chi connectivity index (χ3n) is 2.95. The molecule has 7 heteroatoms. The summed E-state index contributed by atoms with van der Waals surface area (Å²) in [5.41, 5.74) is -0.646. The second-order valence-corrected chi connectivity index (χ2v) is 4.33. The summed E-state index contributed by atoms with van der Waals surface area (Å²) in [6, 6.07) is 1.81. The number of aromatic amines is 1. The number of nitrogens with one attached hydrogen (secondary N) is 1. The standard InChI is InChI=1S/C12H13N3O4/c1-7-6-15(12(18)14-11(7)17)10-5-8(16)9(19-10)3-2-4-13/h2-3,6,8-10,16H,5H2,1H3,(H,14,17,18)/b3-2+/t8-,9+,10+/m0/s1. The lowest BCUT2D eigenvalue weighted by Crippen LogP contribution is -2.33. The Morgan fingerprint density at radius 1 is 1.63 bits per heavy atom. The van der Waals surface area contributed by atoms with Crippen molar-refractivity contribution in [2.45, 2.75) is 31.8 Å². The zero-order valence-electron chi connectivity index (χ0n) is 10.2. The maximum atomic E-state index is 11.7. The van der Waals surface area contributed by atoms with Crippen LogP contribution in [0.15, 0.2) is 27.9 Å². The van der Waals surface area contributed by atoms with Crippen molar-refractivity contribution in [3.8, 4) is 6.07 Å². The van der Waals surface area contributed by atoms with Crippen molar-refractivity contribution in [1.82, 2.24) is 9.55 Å². The average Bonchev–Trinajstić information content (AvgIpc) is 2.72. The number of aliphatic hydroxyl groups excluding tert-OH is 1. The van der Waals surface area contributed by atoms with Gasteiger partial charge in [-0.25, -0.2) is 4.79 Å². The summed E-state index contributed by atoms with van der Waals surface area (Å²) >= 11 is 0. The summed E-state index contributed by atoms with van der Waals surface area (Å²) in [4.78, 5) is 25.1. The predicted molar refractivity (Wildman–Crippen MR) is 65.3 cm³/mol. The second kappa shape index (κ2) is 5.22. The molecule has 0 aliphatic carbocycles. The van der Waals surface area contributed by atoms with Gasteiger partial charge >= 0.3 is 5.69 Å². The fourth-order valence-corrected chi connectivity index (χ4v) is 1.96. The van der Waals surface area contributed by atoms with E-state index >= 15 is 0 Å². The van der Waals surface area contributed by atoms with Gasteiger partial charge in [0.25, 0.3) is 5.56 Å². The van der Waals surface area contributed by atoms with Crippen LogP contribution in [0.1, 0.15) is 18.2 Å². The van der Waals surface area contributed by atoms with Crippen LogP contribution in [-0.4, -0.2) is 26.9 Å². The van der Waals surface area contributed by atoms with Gasteiger partial charge in [0, 0.05) is 24.3 Å². The molecule has 0 aromatic carbocycles. The van der Waals surface area contributed by atoms with E-state index in [4.69, 9.17) is 10.00 Å². The van der Waals surface area contributed by atoms with Crippen LogP contribution in [0.25, 0.3) is 0 Å². The summed E-state index contributed by atoms with van der Waals surface area (Å²) in [5, 5.41) is 18.2. The highest BCUT2D eigenvalue weighted by atomic mass is 16.5. The van der Waals surface area contributed by atoms with Crippen molar-refractivity contribution in [2.75, 3.05) is 0 Å². The van der Waals surface area contributed by atoms with Gasteiger partial charge in [-0.3, -0.25) is 14.3 Å². The summed E-state index contributed by atoms with van der Waals surface area (Å²) < 4.78 is 6.73. The summed E-state index contributed by atoms with van der Waals surface area (Å²) in [6.07, 6.45) is 2.18. The highest BCUT2D eigenvalue weighted by molar-refractivity contribution is 5.08. The number of H-pyrrole nitrogens is 1. The molecule has 1 saturated heterocycles. The van der Waals surface area contributed by atoms with Crippen molar-refractivity contribution in [2.24, 2.45) is 0 Å². The van der Waals surface area contributed by atoms with Crippen molar-refractivity contribution < 1.29 is 9.84 Å². The molecule has 100 valence electrons. The van der Waals surface area contributed by atoms with Crippen LogP contribution in [0.4, 0.5) is 0 Å². The molecule has 1 fully saturated rings. The maximum absolute atomic E-state index is 11.7. The first-order valence-electron chi connectivity index (χ1n) is 5.75. The molecule has 3 atom stereocenters. The van der Waals surface area contributed by atoms with Gasteiger partial charge in [0.2, 0.25) is 0 Å². The lowest BCUT2D eigenvalue weighted by molar-refractivity contribution is 0.00476. The Balaban J connectivity index is 2.28. The number of aryl methyl sites for hydroxylation is 1. The Kier molecular flexibility index (Phi) is 3.64. The Morgan fingerprint density at radius 3 is 3.05 bits per heavy atom. The van der Waals surface area contributed by atoms with Gasteiger partial charge in [0.05, 0.1) is 12.2 Å². The molecule has 1 aromatic rings. The lowest BCUT2D eigenvalue weighted by Gasteiger charge is -2.14. The largest absolute Gasteiger partial charge is 0.390 e. The summed E-state index contributed by atoms with van der Waals surface area (Å²) in [5.74, 6) is 0. The highest BCUT2D eigenvalue weighted by Gasteiger charge is 2.33. The third kappa shape index (κ3) is 2.65. The van der Waals surface area contributed by atoms with Crippen molar-refractivity contribution in [1.29, 1.82) is 5.26 Å². The van der Waals surface area contributed by atoms with E-state index in [1.165, 1.54) is 22.9 Å². The molecule has 2 rings (SSSR count). The van der Waals surface area contributed by atoms with Gasteiger partial charge in [0.15, 0.2) is 0 Å². The smallest absolute Gasteiger partial charge is 0.330 e. The number of nitrogens with zero attached hydrogens (tertiary/aromatic N) is 2. The molecule has 1 aliphatic rings. The SMILES string of the molecule is Cc1cn([C@H]2C[C@H](O)[C@@H](/C=C/C#N)O2)c(=O)[nH]c1=O. The minimum atomic E-state index is -0.797. The zero-order valence-corrected chi connectivity index (χ0v) is 10.2. The number of nitriles is 1. The predicted octanol–water partition coefficient (Wildman–Crippen LogP) is -0.427. The second-order valence-electron chi connectivity index (χ2n) is 4.33. The van der Waals surface area contributed by atoms with Crippen molar-refractivity contribution >= 4 is 0 Å². The molecule has 0 amide bonds. The first kappa shape index (κ1) is 13.3. The van der Waals surface area contributed by atoms with Gasteiger partial charge in [-0.2, -0.15) is 5.26 Å². The number of hydrogen-bond acceptors (Lipinski definition) is 5. The first-order valence-corrected chi connectivity index (χ1v) is 5.75. The molecule has 19 heavy (non-hydrogen) atoms. The van der Waals surface area contributed by atoms with Gasteiger partial charge in [-0.05, 0) is 13.0 Å². The normalized spacial score (nSPS) is 26.7. The topological polar surface area (TPSA) is 108 Å². The Labute approximate surface area is 108 Å². The van der Waals surface area contributed by atoms with Gasteiger partial charge in [-0.15, -0.1) is 0 Å². The number of rotatable bonds is 2. The van der Waals surface area contributed by atoms with Crippen molar-refractivity contribution in [3.05, 3.63) is 44.8 Å².